The molecule has 2 aromatic rings. The molecule has 1 atom stereocenters. The number of nitrogens with zero attached hydrogens (tertiary/aromatic N) is 3. The van der Waals surface area contributed by atoms with Crippen LogP contribution in [0, 0.1) is 6.92 Å². The van der Waals surface area contributed by atoms with Crippen LogP contribution in [0.25, 0.3) is 0 Å². The second-order valence-electron chi connectivity index (χ2n) is 7.12. The van der Waals surface area contributed by atoms with E-state index in [0.29, 0.717) is 23.8 Å². The largest absolute Gasteiger partial charge is 0.504 e. The SMILES string of the molecule is Cc1noc([C@H]2CCCN(Cc3ccc(C(C)C)cc(=O)c3O)C2)n1. The van der Waals surface area contributed by atoms with Crippen molar-refractivity contribution in [1.29, 1.82) is 0 Å². The number of hydrogen-bond acceptors (Lipinski definition) is 6. The van der Waals surface area contributed by atoms with Crippen molar-refractivity contribution >= 4 is 0 Å². The van der Waals surface area contributed by atoms with Gasteiger partial charge in [-0.25, -0.2) is 0 Å². The highest BCUT2D eigenvalue weighted by Gasteiger charge is 2.26. The van der Waals surface area contributed by atoms with Gasteiger partial charge < -0.3 is 9.63 Å². The van der Waals surface area contributed by atoms with E-state index in [1.807, 2.05) is 32.9 Å². The van der Waals surface area contributed by atoms with Crippen molar-refractivity contribution in [1.82, 2.24) is 15.0 Å². The summed E-state index contributed by atoms with van der Waals surface area (Å²) >= 11 is 0. The highest BCUT2D eigenvalue weighted by Crippen LogP contribution is 2.27. The Hall–Kier alpha value is -2.21. The molecule has 0 bridgehead atoms. The van der Waals surface area contributed by atoms with Crippen LogP contribution in [0.5, 0.6) is 5.75 Å². The summed E-state index contributed by atoms with van der Waals surface area (Å²) in [7, 11) is 0. The summed E-state index contributed by atoms with van der Waals surface area (Å²) in [6.45, 7) is 8.13. The highest BCUT2D eigenvalue weighted by atomic mass is 16.5. The topological polar surface area (TPSA) is 79.5 Å². The van der Waals surface area contributed by atoms with Crippen molar-refractivity contribution in [3.8, 4) is 5.75 Å². The lowest BCUT2D eigenvalue weighted by Crippen LogP contribution is -2.34. The number of aromatic hydroxyl groups is 1. The molecule has 1 saturated heterocycles. The van der Waals surface area contributed by atoms with Gasteiger partial charge in [-0.3, -0.25) is 9.69 Å². The monoisotopic (exact) mass is 343 g/mol. The van der Waals surface area contributed by atoms with Gasteiger partial charge in [-0.2, -0.15) is 4.98 Å². The Morgan fingerprint density at radius 2 is 2.20 bits per heavy atom. The normalized spacial score (nSPS) is 18.6. The number of aromatic nitrogens is 2. The second-order valence-corrected chi connectivity index (χ2v) is 7.12. The van der Waals surface area contributed by atoms with E-state index >= 15 is 0 Å². The van der Waals surface area contributed by atoms with E-state index < -0.39 is 0 Å². The van der Waals surface area contributed by atoms with Crippen LogP contribution >= 0.6 is 0 Å². The molecule has 25 heavy (non-hydrogen) atoms. The minimum absolute atomic E-state index is 0.150. The molecule has 0 aliphatic carbocycles. The van der Waals surface area contributed by atoms with E-state index in [1.54, 1.807) is 0 Å². The Labute approximate surface area is 147 Å². The lowest BCUT2D eigenvalue weighted by atomic mass is 9.97. The number of aryl methyl sites for hydroxylation is 1. The van der Waals surface area contributed by atoms with Crippen LogP contribution in [0.4, 0.5) is 0 Å². The first-order valence-corrected chi connectivity index (χ1v) is 8.82. The molecule has 1 N–H and O–H groups in total. The third-order valence-electron chi connectivity index (χ3n) is 4.77. The van der Waals surface area contributed by atoms with Gasteiger partial charge in [-0.05, 0) is 43.9 Å². The van der Waals surface area contributed by atoms with Crippen LogP contribution in [-0.2, 0) is 6.54 Å². The molecule has 1 aliphatic heterocycles. The predicted octanol–water partition coefficient (Wildman–Crippen LogP) is 2.95. The molecule has 1 aliphatic rings. The Bertz CT molecular complexity index is 801. The summed E-state index contributed by atoms with van der Waals surface area (Å²) in [6.07, 6.45) is 2.03. The minimum Gasteiger partial charge on any atom is -0.504 e. The van der Waals surface area contributed by atoms with Gasteiger partial charge >= 0.3 is 0 Å². The van der Waals surface area contributed by atoms with Crippen molar-refractivity contribution in [3.63, 3.8) is 0 Å². The van der Waals surface area contributed by atoms with E-state index in [2.05, 4.69) is 15.0 Å². The summed E-state index contributed by atoms with van der Waals surface area (Å²) in [5.41, 5.74) is 1.29. The van der Waals surface area contributed by atoms with Gasteiger partial charge in [0.15, 0.2) is 11.6 Å². The predicted molar refractivity (Wildman–Crippen MR) is 94.8 cm³/mol. The van der Waals surface area contributed by atoms with Gasteiger partial charge in [0.25, 0.3) is 0 Å². The molecule has 6 heteroatoms. The molecule has 0 saturated carbocycles. The van der Waals surface area contributed by atoms with Crippen LogP contribution in [0.15, 0.2) is 27.5 Å². The fourth-order valence-electron chi connectivity index (χ4n) is 3.31. The lowest BCUT2D eigenvalue weighted by molar-refractivity contribution is 0.179. The number of piperidine rings is 1. The quantitative estimate of drug-likeness (QED) is 0.919. The van der Waals surface area contributed by atoms with Crippen molar-refractivity contribution in [2.45, 2.75) is 52.0 Å². The smallest absolute Gasteiger partial charge is 0.231 e. The van der Waals surface area contributed by atoms with Gasteiger partial charge in [-0.15, -0.1) is 0 Å². The maximum atomic E-state index is 12.2. The second kappa shape index (κ2) is 7.35. The van der Waals surface area contributed by atoms with E-state index in [4.69, 9.17) is 4.52 Å². The fraction of sp³-hybridized carbons (Fsp3) is 0.526. The minimum atomic E-state index is -0.315. The van der Waals surface area contributed by atoms with Crippen LogP contribution in [0.1, 0.15) is 61.4 Å². The van der Waals surface area contributed by atoms with Crippen LogP contribution in [0.2, 0.25) is 0 Å². The standard InChI is InChI=1S/C19H25N3O3/c1-12(2)14-6-7-15(18(24)17(23)9-14)10-22-8-4-5-16(11-22)19-20-13(3)21-25-19/h6-7,9,12,16H,4-5,8,10-11H2,1-3H3,(H,23,24)/t16-/m0/s1. The molecule has 0 spiro atoms. The first-order valence-electron chi connectivity index (χ1n) is 8.82. The lowest BCUT2D eigenvalue weighted by Gasteiger charge is -2.30. The molecule has 2 heterocycles. The van der Waals surface area contributed by atoms with E-state index in [-0.39, 0.29) is 23.0 Å². The summed E-state index contributed by atoms with van der Waals surface area (Å²) in [6, 6.07) is 5.33. The van der Waals surface area contributed by atoms with Crippen LogP contribution in [-0.4, -0.2) is 33.2 Å². The maximum Gasteiger partial charge on any atom is 0.231 e. The molecule has 1 aromatic heterocycles. The summed E-state index contributed by atoms with van der Waals surface area (Å²) in [5.74, 6) is 1.62. The first-order chi connectivity index (χ1) is 11.9. The zero-order chi connectivity index (χ0) is 18.0. The zero-order valence-electron chi connectivity index (χ0n) is 15.0. The van der Waals surface area contributed by atoms with Gasteiger partial charge in [0.1, 0.15) is 0 Å². The molecule has 0 amide bonds. The van der Waals surface area contributed by atoms with E-state index in [0.717, 1.165) is 31.5 Å². The average molecular weight is 343 g/mol. The van der Waals surface area contributed by atoms with Crippen LogP contribution in [0.3, 0.4) is 0 Å². The average Bonchev–Trinajstić information content (AvgIpc) is 2.97. The number of rotatable bonds is 4. The van der Waals surface area contributed by atoms with Gasteiger partial charge in [0.05, 0.1) is 5.92 Å². The maximum absolute atomic E-state index is 12.2. The molecule has 134 valence electrons. The zero-order valence-corrected chi connectivity index (χ0v) is 15.0. The molecule has 0 unspecified atom stereocenters. The molecule has 6 nitrogen and oxygen atoms in total. The molecular weight excluding hydrogens is 318 g/mol. The fourth-order valence-corrected chi connectivity index (χ4v) is 3.31. The molecule has 0 radical (unpaired) electrons. The third kappa shape index (κ3) is 4.07. The summed E-state index contributed by atoms with van der Waals surface area (Å²) in [4.78, 5) is 18.8. The van der Waals surface area contributed by atoms with Crippen molar-refractivity contribution in [2.24, 2.45) is 0 Å². The van der Waals surface area contributed by atoms with E-state index in [9.17, 15) is 9.90 Å². The number of hydrogen-bond donors (Lipinski definition) is 1. The molecule has 1 aromatic carbocycles. The highest BCUT2D eigenvalue weighted by molar-refractivity contribution is 5.34. The first kappa shape index (κ1) is 17.6. The Morgan fingerprint density at radius 3 is 2.88 bits per heavy atom. The Kier molecular flexibility index (Phi) is 5.18. The summed E-state index contributed by atoms with van der Waals surface area (Å²) < 4.78 is 5.32. The van der Waals surface area contributed by atoms with Crippen molar-refractivity contribution in [3.05, 3.63) is 51.3 Å². The third-order valence-corrected chi connectivity index (χ3v) is 4.77. The molecular formula is C19H25N3O3. The van der Waals surface area contributed by atoms with E-state index in [1.165, 1.54) is 6.07 Å². The van der Waals surface area contributed by atoms with Gasteiger partial charge in [0, 0.05) is 18.7 Å². The Morgan fingerprint density at radius 1 is 1.40 bits per heavy atom. The van der Waals surface area contributed by atoms with Gasteiger partial charge in [-0.1, -0.05) is 31.1 Å². The van der Waals surface area contributed by atoms with Crippen molar-refractivity contribution < 1.29 is 9.63 Å². The number of likely N-dealkylation sites (tertiary alicyclic amines) is 1. The van der Waals surface area contributed by atoms with Gasteiger partial charge in [0.2, 0.25) is 11.3 Å². The van der Waals surface area contributed by atoms with Crippen molar-refractivity contribution in [2.75, 3.05) is 13.1 Å². The molecule has 1 fully saturated rings. The molecule has 3 rings (SSSR count). The summed E-state index contributed by atoms with van der Waals surface area (Å²) in [5, 5.41) is 14.2. The Balaban J connectivity index is 1.79. The van der Waals surface area contributed by atoms with Crippen LogP contribution < -0.4 is 5.43 Å².